The number of para-hydroxylation sites is 1. The topological polar surface area (TPSA) is 55.2 Å². The van der Waals surface area contributed by atoms with Crippen LogP contribution >= 0.6 is 11.8 Å². The van der Waals surface area contributed by atoms with Crippen LogP contribution in [0.25, 0.3) is 16.6 Å². The number of aryl methyl sites for hydroxylation is 2. The van der Waals surface area contributed by atoms with Gasteiger partial charge in [0.25, 0.3) is 5.56 Å². The lowest BCUT2D eigenvalue weighted by Gasteiger charge is -2.30. The summed E-state index contributed by atoms with van der Waals surface area (Å²) in [5, 5.41) is 1.14. The highest BCUT2D eigenvalue weighted by atomic mass is 32.2. The molecule has 0 aliphatic carbocycles. The van der Waals surface area contributed by atoms with Gasteiger partial charge in [-0.15, -0.1) is 0 Å². The number of hydrogen-bond donors (Lipinski definition) is 0. The van der Waals surface area contributed by atoms with Crippen molar-refractivity contribution < 1.29 is 4.79 Å². The van der Waals surface area contributed by atoms with E-state index in [1.807, 2.05) is 49.1 Å². The highest BCUT2D eigenvalue weighted by Crippen LogP contribution is 2.25. The van der Waals surface area contributed by atoms with Crippen LogP contribution in [0.1, 0.15) is 30.9 Å². The van der Waals surface area contributed by atoms with Crippen LogP contribution in [-0.2, 0) is 4.79 Å². The van der Waals surface area contributed by atoms with Crippen molar-refractivity contribution in [3.8, 4) is 5.69 Å². The van der Waals surface area contributed by atoms with Gasteiger partial charge < -0.3 is 4.90 Å². The minimum atomic E-state index is -0.103. The quantitative estimate of drug-likeness (QED) is 0.464. The standard InChI is InChI=1S/C24H27N3O2S/c1-16-10-11-21(18(3)13-16)27-23(29)19-8-4-5-9-20(19)25-24(27)30-15-22(28)26-12-6-7-17(2)14-26/h4-5,8-11,13,17H,6-7,12,14-15H2,1-3H3. The number of fused-ring (bicyclic) bond motifs is 1. The number of thioether (sulfide) groups is 1. The van der Waals surface area contributed by atoms with Gasteiger partial charge in [0, 0.05) is 13.1 Å². The van der Waals surface area contributed by atoms with E-state index in [1.165, 1.54) is 18.2 Å². The molecule has 5 nitrogen and oxygen atoms in total. The Hall–Kier alpha value is -2.60. The second kappa shape index (κ2) is 8.64. The van der Waals surface area contributed by atoms with E-state index >= 15 is 0 Å². The zero-order valence-electron chi connectivity index (χ0n) is 17.7. The highest BCUT2D eigenvalue weighted by molar-refractivity contribution is 7.99. The van der Waals surface area contributed by atoms with Gasteiger partial charge in [-0.2, -0.15) is 0 Å². The number of amides is 1. The third-order valence-corrected chi connectivity index (χ3v) is 6.60. The van der Waals surface area contributed by atoms with Crippen molar-refractivity contribution >= 4 is 28.6 Å². The smallest absolute Gasteiger partial charge is 0.266 e. The fourth-order valence-electron chi connectivity index (χ4n) is 4.11. The lowest BCUT2D eigenvalue weighted by Crippen LogP contribution is -2.40. The van der Waals surface area contributed by atoms with Crippen molar-refractivity contribution in [2.24, 2.45) is 5.92 Å². The summed E-state index contributed by atoms with van der Waals surface area (Å²) in [6.45, 7) is 7.85. The number of aromatic nitrogens is 2. The largest absolute Gasteiger partial charge is 0.342 e. The number of carbonyl (C=O) groups excluding carboxylic acids is 1. The summed E-state index contributed by atoms with van der Waals surface area (Å²) >= 11 is 1.35. The minimum absolute atomic E-state index is 0.103. The molecule has 0 N–H and O–H groups in total. The molecule has 1 amide bonds. The molecule has 1 saturated heterocycles. The first kappa shape index (κ1) is 20.7. The van der Waals surface area contributed by atoms with Gasteiger partial charge in [-0.25, -0.2) is 4.98 Å². The number of piperidine rings is 1. The fraction of sp³-hybridized carbons (Fsp3) is 0.375. The Balaban J connectivity index is 1.72. The van der Waals surface area contributed by atoms with Crippen molar-refractivity contribution in [1.29, 1.82) is 0 Å². The summed E-state index contributed by atoms with van der Waals surface area (Å²) < 4.78 is 1.66. The number of likely N-dealkylation sites (tertiary alicyclic amines) is 1. The van der Waals surface area contributed by atoms with Crippen LogP contribution in [-0.4, -0.2) is 39.2 Å². The van der Waals surface area contributed by atoms with E-state index in [0.717, 1.165) is 36.3 Å². The lowest BCUT2D eigenvalue weighted by atomic mass is 10.0. The van der Waals surface area contributed by atoms with Gasteiger partial charge >= 0.3 is 0 Å². The number of rotatable bonds is 4. The highest BCUT2D eigenvalue weighted by Gasteiger charge is 2.22. The van der Waals surface area contributed by atoms with Crippen molar-refractivity contribution in [2.75, 3.05) is 18.8 Å². The van der Waals surface area contributed by atoms with Gasteiger partial charge in [-0.3, -0.25) is 14.2 Å². The summed E-state index contributed by atoms with van der Waals surface area (Å²) in [5.41, 5.74) is 3.51. The summed E-state index contributed by atoms with van der Waals surface area (Å²) in [6, 6.07) is 13.4. The van der Waals surface area contributed by atoms with Gasteiger partial charge in [0.15, 0.2) is 5.16 Å². The van der Waals surface area contributed by atoms with Crippen LogP contribution in [0, 0.1) is 19.8 Å². The molecule has 0 radical (unpaired) electrons. The molecule has 156 valence electrons. The molecule has 0 saturated carbocycles. The molecule has 6 heteroatoms. The zero-order chi connectivity index (χ0) is 21.3. The number of benzene rings is 2. The van der Waals surface area contributed by atoms with Crippen molar-refractivity contribution in [1.82, 2.24) is 14.5 Å². The second-order valence-electron chi connectivity index (χ2n) is 8.22. The molecule has 2 heterocycles. The Bertz CT molecular complexity index is 1150. The predicted octanol–water partition coefficient (Wildman–Crippen LogP) is 4.35. The molecule has 1 fully saturated rings. The molecule has 1 atom stereocenters. The first-order valence-electron chi connectivity index (χ1n) is 10.4. The van der Waals surface area contributed by atoms with E-state index in [0.29, 0.717) is 22.0 Å². The molecule has 1 aliphatic rings. The molecular weight excluding hydrogens is 394 g/mol. The molecule has 0 spiro atoms. The Morgan fingerprint density at radius 3 is 2.77 bits per heavy atom. The van der Waals surface area contributed by atoms with Crippen LogP contribution in [0.3, 0.4) is 0 Å². The van der Waals surface area contributed by atoms with Crippen LogP contribution in [0.15, 0.2) is 52.4 Å². The van der Waals surface area contributed by atoms with Crippen molar-refractivity contribution in [3.63, 3.8) is 0 Å². The minimum Gasteiger partial charge on any atom is -0.342 e. The van der Waals surface area contributed by atoms with E-state index in [4.69, 9.17) is 4.98 Å². The SMILES string of the molecule is Cc1ccc(-n2c(SCC(=O)N3CCCC(C)C3)nc3ccccc3c2=O)c(C)c1. The van der Waals surface area contributed by atoms with E-state index in [1.54, 1.807) is 10.6 Å². The maximum atomic E-state index is 13.4. The number of nitrogens with zero attached hydrogens (tertiary/aromatic N) is 3. The van der Waals surface area contributed by atoms with Crippen molar-refractivity contribution in [2.45, 2.75) is 38.8 Å². The molecule has 1 aliphatic heterocycles. The van der Waals surface area contributed by atoms with E-state index in [-0.39, 0.29) is 17.2 Å². The first-order valence-corrected chi connectivity index (χ1v) is 11.4. The molecule has 2 aromatic carbocycles. The summed E-state index contributed by atoms with van der Waals surface area (Å²) in [6.07, 6.45) is 2.23. The molecule has 3 aromatic rings. The Labute approximate surface area is 181 Å². The van der Waals surface area contributed by atoms with Gasteiger partial charge in [0.05, 0.1) is 22.3 Å². The second-order valence-corrected chi connectivity index (χ2v) is 9.16. The number of hydrogen-bond acceptors (Lipinski definition) is 4. The number of carbonyl (C=O) groups is 1. The Morgan fingerprint density at radius 2 is 2.00 bits per heavy atom. The monoisotopic (exact) mass is 421 g/mol. The average molecular weight is 422 g/mol. The van der Waals surface area contributed by atoms with Gasteiger partial charge in [0.2, 0.25) is 5.91 Å². The van der Waals surface area contributed by atoms with Crippen LogP contribution in [0.5, 0.6) is 0 Å². The summed E-state index contributed by atoms with van der Waals surface area (Å²) in [7, 11) is 0. The lowest BCUT2D eigenvalue weighted by molar-refractivity contribution is -0.130. The fourth-order valence-corrected chi connectivity index (χ4v) is 5.02. The molecule has 4 rings (SSSR count). The van der Waals surface area contributed by atoms with Crippen LogP contribution < -0.4 is 5.56 Å². The van der Waals surface area contributed by atoms with Gasteiger partial charge in [-0.1, -0.05) is 48.5 Å². The zero-order valence-corrected chi connectivity index (χ0v) is 18.5. The van der Waals surface area contributed by atoms with E-state index in [2.05, 4.69) is 13.0 Å². The third-order valence-electron chi connectivity index (χ3n) is 5.67. The normalized spacial score (nSPS) is 16.8. The van der Waals surface area contributed by atoms with Gasteiger partial charge in [0.1, 0.15) is 0 Å². The van der Waals surface area contributed by atoms with Crippen molar-refractivity contribution in [3.05, 3.63) is 63.9 Å². The molecule has 1 aromatic heterocycles. The molecule has 0 bridgehead atoms. The van der Waals surface area contributed by atoms with Gasteiger partial charge in [-0.05, 0) is 56.4 Å². The Kier molecular flexibility index (Phi) is 5.95. The maximum Gasteiger partial charge on any atom is 0.266 e. The molecule has 1 unspecified atom stereocenters. The first-order chi connectivity index (χ1) is 14.4. The molecule has 30 heavy (non-hydrogen) atoms. The summed E-state index contributed by atoms with van der Waals surface area (Å²) in [5.74, 6) is 0.934. The molecular formula is C24H27N3O2S. The van der Waals surface area contributed by atoms with E-state index in [9.17, 15) is 9.59 Å². The third kappa shape index (κ3) is 4.15. The van der Waals surface area contributed by atoms with Crippen LogP contribution in [0.2, 0.25) is 0 Å². The summed E-state index contributed by atoms with van der Waals surface area (Å²) in [4.78, 5) is 32.9. The van der Waals surface area contributed by atoms with E-state index < -0.39 is 0 Å². The van der Waals surface area contributed by atoms with Crippen LogP contribution in [0.4, 0.5) is 0 Å². The predicted molar refractivity (Wildman–Crippen MR) is 123 cm³/mol. The average Bonchev–Trinajstić information content (AvgIpc) is 2.73. The maximum absolute atomic E-state index is 13.4. The Morgan fingerprint density at radius 1 is 1.20 bits per heavy atom.